The van der Waals surface area contributed by atoms with Gasteiger partial charge in [0.1, 0.15) is 0 Å². The van der Waals surface area contributed by atoms with Crippen LogP contribution in [-0.2, 0) is 4.79 Å². The molecule has 21 heavy (non-hydrogen) atoms. The zero-order chi connectivity index (χ0) is 15.2. The predicted molar refractivity (Wildman–Crippen MR) is 87.2 cm³/mol. The maximum absolute atomic E-state index is 12.3. The van der Waals surface area contributed by atoms with E-state index in [0.29, 0.717) is 5.91 Å². The summed E-state index contributed by atoms with van der Waals surface area (Å²) in [6.45, 7) is 9.05. The summed E-state index contributed by atoms with van der Waals surface area (Å²) < 4.78 is 0. The third-order valence-corrected chi connectivity index (χ3v) is 4.41. The van der Waals surface area contributed by atoms with E-state index in [-0.39, 0.29) is 12.0 Å². The van der Waals surface area contributed by atoms with Crippen molar-refractivity contribution in [2.75, 3.05) is 19.6 Å². The number of carbonyl (C=O) groups is 1. The number of hydrogen-bond acceptors (Lipinski definition) is 2. The van der Waals surface area contributed by atoms with Gasteiger partial charge >= 0.3 is 0 Å². The Labute approximate surface area is 128 Å². The van der Waals surface area contributed by atoms with Gasteiger partial charge < -0.3 is 10.2 Å². The minimum Gasteiger partial charge on any atom is -0.341 e. The third kappa shape index (κ3) is 4.07. The summed E-state index contributed by atoms with van der Waals surface area (Å²) in [5.41, 5.74) is 2.61. The molecule has 1 aromatic carbocycles. The summed E-state index contributed by atoms with van der Waals surface area (Å²) >= 11 is 0. The third-order valence-electron chi connectivity index (χ3n) is 4.41. The number of rotatable bonds is 6. The summed E-state index contributed by atoms with van der Waals surface area (Å²) in [5.74, 6) is 0.501. The summed E-state index contributed by atoms with van der Waals surface area (Å²) in [7, 11) is 0. The highest BCUT2D eigenvalue weighted by Gasteiger charge is 2.27. The van der Waals surface area contributed by atoms with Crippen LogP contribution in [-0.4, -0.2) is 30.4 Å². The maximum atomic E-state index is 12.3. The molecule has 2 rings (SSSR count). The lowest BCUT2D eigenvalue weighted by Gasteiger charge is -2.34. The zero-order valence-electron chi connectivity index (χ0n) is 13.6. The van der Waals surface area contributed by atoms with Crippen molar-refractivity contribution in [1.29, 1.82) is 0 Å². The molecule has 3 nitrogen and oxygen atoms in total. The van der Waals surface area contributed by atoms with Crippen molar-refractivity contribution in [2.45, 2.75) is 46.1 Å². The lowest BCUT2D eigenvalue weighted by molar-refractivity contribution is -0.138. The molecule has 2 atom stereocenters. The average Bonchev–Trinajstić information content (AvgIpc) is 2.48. The zero-order valence-corrected chi connectivity index (χ0v) is 13.6. The van der Waals surface area contributed by atoms with Gasteiger partial charge in [-0.2, -0.15) is 0 Å². The number of carbonyl (C=O) groups excluding carboxylic acids is 1. The first-order valence-corrected chi connectivity index (χ1v) is 8.21. The molecule has 0 aromatic heterocycles. The van der Waals surface area contributed by atoms with Gasteiger partial charge in [0, 0.05) is 19.0 Å². The Morgan fingerprint density at radius 1 is 1.38 bits per heavy atom. The van der Waals surface area contributed by atoms with E-state index in [2.05, 4.69) is 50.4 Å². The molecule has 1 saturated heterocycles. The molecule has 0 aliphatic carbocycles. The monoisotopic (exact) mass is 288 g/mol. The molecule has 116 valence electrons. The highest BCUT2D eigenvalue weighted by molar-refractivity contribution is 5.79. The van der Waals surface area contributed by atoms with Gasteiger partial charge in [-0.25, -0.2) is 0 Å². The smallest absolute Gasteiger partial charge is 0.225 e. The fraction of sp³-hybridized carbons (Fsp3) is 0.611. The van der Waals surface area contributed by atoms with E-state index in [1.807, 2.05) is 4.90 Å². The van der Waals surface area contributed by atoms with Crippen LogP contribution in [0.3, 0.4) is 0 Å². The van der Waals surface area contributed by atoms with Gasteiger partial charge in [-0.3, -0.25) is 4.79 Å². The van der Waals surface area contributed by atoms with Crippen molar-refractivity contribution in [3.63, 3.8) is 0 Å². The van der Waals surface area contributed by atoms with Crippen LogP contribution in [0.5, 0.6) is 0 Å². The minimum absolute atomic E-state index is 0.183. The van der Waals surface area contributed by atoms with Crippen molar-refractivity contribution < 1.29 is 4.79 Å². The van der Waals surface area contributed by atoms with Crippen LogP contribution in [0, 0.1) is 12.8 Å². The molecule has 1 aliphatic heterocycles. The number of aryl methyl sites for hydroxylation is 1. The number of amides is 1. The lowest BCUT2D eigenvalue weighted by Crippen LogP contribution is -2.45. The van der Waals surface area contributed by atoms with E-state index in [9.17, 15) is 4.79 Å². The van der Waals surface area contributed by atoms with Crippen molar-refractivity contribution in [3.05, 3.63) is 35.4 Å². The Hall–Kier alpha value is -1.35. The van der Waals surface area contributed by atoms with Gasteiger partial charge in [0.05, 0.1) is 6.04 Å². The van der Waals surface area contributed by atoms with Crippen LogP contribution in [0.1, 0.15) is 50.3 Å². The second-order valence-corrected chi connectivity index (χ2v) is 6.19. The normalized spacial score (nSPS) is 20.6. The fourth-order valence-corrected chi connectivity index (χ4v) is 3.10. The van der Waals surface area contributed by atoms with Crippen molar-refractivity contribution in [2.24, 2.45) is 5.92 Å². The number of likely N-dealkylation sites (tertiary alicyclic amines) is 1. The Kier molecular flexibility index (Phi) is 5.80. The minimum atomic E-state index is 0.183. The average molecular weight is 288 g/mol. The topological polar surface area (TPSA) is 32.3 Å². The number of nitrogens with zero attached hydrogens (tertiary/aromatic N) is 1. The first kappa shape index (κ1) is 16.0. The number of nitrogens with one attached hydrogen (secondary N) is 1. The second kappa shape index (κ2) is 7.60. The van der Waals surface area contributed by atoms with E-state index in [1.54, 1.807) is 0 Å². The van der Waals surface area contributed by atoms with Gasteiger partial charge in [-0.1, -0.05) is 38.1 Å². The number of piperidine rings is 1. The van der Waals surface area contributed by atoms with Gasteiger partial charge in [0.25, 0.3) is 0 Å². The van der Waals surface area contributed by atoms with Crippen LogP contribution in [0.2, 0.25) is 0 Å². The van der Waals surface area contributed by atoms with E-state index >= 15 is 0 Å². The molecular formula is C18H28N2O. The van der Waals surface area contributed by atoms with Crippen LogP contribution >= 0.6 is 0 Å². The largest absolute Gasteiger partial charge is 0.341 e. The molecule has 2 unspecified atom stereocenters. The molecule has 0 radical (unpaired) electrons. The van der Waals surface area contributed by atoms with Crippen molar-refractivity contribution in [1.82, 2.24) is 10.2 Å². The van der Waals surface area contributed by atoms with Gasteiger partial charge in [-0.05, 0) is 43.9 Å². The Morgan fingerprint density at radius 2 is 2.14 bits per heavy atom. The molecule has 0 spiro atoms. The molecule has 0 saturated carbocycles. The van der Waals surface area contributed by atoms with E-state index in [4.69, 9.17) is 0 Å². The first-order chi connectivity index (χ1) is 10.1. The van der Waals surface area contributed by atoms with Crippen molar-refractivity contribution >= 4 is 5.91 Å². The highest BCUT2D eigenvalue weighted by Crippen LogP contribution is 2.23. The Balaban J connectivity index is 2.13. The van der Waals surface area contributed by atoms with E-state index in [0.717, 1.165) is 38.9 Å². The van der Waals surface area contributed by atoms with Crippen molar-refractivity contribution in [3.8, 4) is 0 Å². The second-order valence-electron chi connectivity index (χ2n) is 6.19. The molecule has 1 amide bonds. The Morgan fingerprint density at radius 3 is 2.86 bits per heavy atom. The molecular weight excluding hydrogens is 260 g/mol. The number of benzene rings is 1. The predicted octanol–water partition coefficient (Wildman–Crippen LogP) is 3.29. The lowest BCUT2D eigenvalue weighted by atomic mass is 9.96. The molecule has 1 aromatic rings. The summed E-state index contributed by atoms with van der Waals surface area (Å²) in [6.07, 6.45) is 3.26. The molecule has 1 N–H and O–H groups in total. The summed E-state index contributed by atoms with van der Waals surface area (Å²) in [4.78, 5) is 14.4. The van der Waals surface area contributed by atoms with Crippen LogP contribution < -0.4 is 5.32 Å². The quantitative estimate of drug-likeness (QED) is 0.871. The summed E-state index contributed by atoms with van der Waals surface area (Å²) in [6, 6.07) is 8.73. The van der Waals surface area contributed by atoms with Crippen LogP contribution in [0.4, 0.5) is 0 Å². The molecule has 0 bridgehead atoms. The summed E-state index contributed by atoms with van der Waals surface area (Å²) in [5, 5.41) is 3.62. The molecule has 1 heterocycles. The molecule has 1 aliphatic rings. The van der Waals surface area contributed by atoms with E-state index < -0.39 is 0 Å². The molecule has 3 heteroatoms. The highest BCUT2D eigenvalue weighted by atomic mass is 16.2. The number of hydrogen-bond donors (Lipinski definition) is 1. The van der Waals surface area contributed by atoms with Gasteiger partial charge in [0.15, 0.2) is 0 Å². The van der Waals surface area contributed by atoms with Gasteiger partial charge in [-0.15, -0.1) is 0 Å². The van der Waals surface area contributed by atoms with Crippen LogP contribution in [0.25, 0.3) is 0 Å². The SMILES string of the molecule is CCCNC(CN1CCCC(C)C1=O)c1ccccc1C. The first-order valence-electron chi connectivity index (χ1n) is 8.21. The standard InChI is InChI=1S/C18H28N2O/c1-4-11-19-17(16-10-6-5-8-14(16)2)13-20-12-7-9-15(3)18(20)21/h5-6,8,10,15,17,19H,4,7,9,11-13H2,1-3H3. The fourth-order valence-electron chi connectivity index (χ4n) is 3.10. The van der Waals surface area contributed by atoms with Crippen LogP contribution in [0.15, 0.2) is 24.3 Å². The Bertz CT molecular complexity index is 472. The van der Waals surface area contributed by atoms with E-state index in [1.165, 1.54) is 11.1 Å². The maximum Gasteiger partial charge on any atom is 0.225 e. The molecule has 1 fully saturated rings. The van der Waals surface area contributed by atoms with Gasteiger partial charge in [0.2, 0.25) is 5.91 Å².